The Balaban J connectivity index is 2.30. The number of aryl methyl sites for hydroxylation is 1. The van der Waals surface area contributed by atoms with Gasteiger partial charge < -0.3 is 5.32 Å². The van der Waals surface area contributed by atoms with E-state index in [0.717, 1.165) is 35.2 Å². The predicted molar refractivity (Wildman–Crippen MR) is 78.3 cm³/mol. The quantitative estimate of drug-likeness (QED) is 0.859. The van der Waals surface area contributed by atoms with E-state index >= 15 is 0 Å². The van der Waals surface area contributed by atoms with Gasteiger partial charge in [-0.3, -0.25) is 4.68 Å². The van der Waals surface area contributed by atoms with Crippen LogP contribution in [0.1, 0.15) is 18.9 Å². The van der Waals surface area contributed by atoms with E-state index in [1.54, 1.807) is 0 Å². The lowest BCUT2D eigenvalue weighted by Crippen LogP contribution is -2.13. The number of aromatic nitrogens is 2. The van der Waals surface area contributed by atoms with Crippen LogP contribution in [0.5, 0.6) is 0 Å². The van der Waals surface area contributed by atoms with Crippen molar-refractivity contribution < 1.29 is 0 Å². The Kier molecular flexibility index (Phi) is 4.55. The molecule has 0 amide bonds. The summed E-state index contributed by atoms with van der Waals surface area (Å²) in [5.41, 5.74) is 3.43. The van der Waals surface area contributed by atoms with Crippen LogP contribution in [0.3, 0.4) is 0 Å². The molecule has 0 saturated heterocycles. The first kappa shape index (κ1) is 13.3. The van der Waals surface area contributed by atoms with Gasteiger partial charge in [0.2, 0.25) is 0 Å². The number of nitrogens with one attached hydrogen (secondary N) is 1. The Hall–Kier alpha value is -1.13. The van der Waals surface area contributed by atoms with Crippen molar-refractivity contribution in [2.45, 2.75) is 19.9 Å². The van der Waals surface area contributed by atoms with Crippen molar-refractivity contribution in [3.63, 3.8) is 0 Å². The van der Waals surface area contributed by atoms with E-state index in [-0.39, 0.29) is 0 Å². The maximum Gasteiger partial charge on any atom is 0.0979 e. The van der Waals surface area contributed by atoms with Gasteiger partial charge in [-0.15, -0.1) is 0 Å². The largest absolute Gasteiger partial charge is 0.313 e. The van der Waals surface area contributed by atoms with Gasteiger partial charge in [-0.05, 0) is 19.0 Å². The standard InChI is InChI=1S/C14H18BrN3/c1-3-8-16-9-11-10-18(2)17-14(11)12-6-4-5-7-13(12)15/h4-7,10,16H,3,8-9H2,1-2H3. The third-order valence-electron chi connectivity index (χ3n) is 2.78. The molecule has 0 radical (unpaired) electrons. The number of halogens is 1. The zero-order chi connectivity index (χ0) is 13.0. The van der Waals surface area contributed by atoms with Gasteiger partial charge in [0.25, 0.3) is 0 Å². The second-order valence-corrected chi connectivity index (χ2v) is 5.19. The zero-order valence-corrected chi connectivity index (χ0v) is 12.4. The molecule has 0 bridgehead atoms. The molecular weight excluding hydrogens is 290 g/mol. The van der Waals surface area contributed by atoms with E-state index in [4.69, 9.17) is 0 Å². The summed E-state index contributed by atoms with van der Waals surface area (Å²) in [5.74, 6) is 0. The van der Waals surface area contributed by atoms with Crippen molar-refractivity contribution >= 4 is 15.9 Å². The van der Waals surface area contributed by atoms with Crippen molar-refractivity contribution in [3.8, 4) is 11.3 Å². The molecule has 0 aliphatic rings. The van der Waals surface area contributed by atoms with Gasteiger partial charge in [0.05, 0.1) is 5.69 Å². The summed E-state index contributed by atoms with van der Waals surface area (Å²) in [7, 11) is 1.96. The molecule has 0 aliphatic carbocycles. The number of nitrogens with zero attached hydrogens (tertiary/aromatic N) is 2. The van der Waals surface area contributed by atoms with Crippen LogP contribution in [-0.4, -0.2) is 16.3 Å². The Labute approximate surface area is 116 Å². The third kappa shape index (κ3) is 3.00. The summed E-state index contributed by atoms with van der Waals surface area (Å²) in [6, 6.07) is 8.20. The van der Waals surface area contributed by atoms with Crippen LogP contribution in [0.15, 0.2) is 34.9 Å². The lowest BCUT2D eigenvalue weighted by atomic mass is 10.1. The second-order valence-electron chi connectivity index (χ2n) is 4.33. The molecule has 0 atom stereocenters. The van der Waals surface area contributed by atoms with E-state index in [2.05, 4.69) is 45.5 Å². The molecule has 0 saturated carbocycles. The van der Waals surface area contributed by atoms with Crippen LogP contribution in [0.2, 0.25) is 0 Å². The van der Waals surface area contributed by atoms with Gasteiger partial charge in [0.1, 0.15) is 0 Å². The molecule has 1 aromatic heterocycles. The lowest BCUT2D eigenvalue weighted by molar-refractivity contribution is 0.675. The topological polar surface area (TPSA) is 29.9 Å². The Morgan fingerprint density at radius 1 is 1.33 bits per heavy atom. The first-order chi connectivity index (χ1) is 8.72. The summed E-state index contributed by atoms with van der Waals surface area (Å²) in [4.78, 5) is 0. The lowest BCUT2D eigenvalue weighted by Gasteiger charge is -2.05. The number of benzene rings is 1. The molecule has 0 aliphatic heterocycles. The molecule has 3 nitrogen and oxygen atoms in total. The highest BCUT2D eigenvalue weighted by molar-refractivity contribution is 9.10. The van der Waals surface area contributed by atoms with Crippen molar-refractivity contribution in [1.29, 1.82) is 0 Å². The molecule has 18 heavy (non-hydrogen) atoms. The molecule has 0 spiro atoms. The van der Waals surface area contributed by atoms with Crippen LogP contribution in [0.4, 0.5) is 0 Å². The van der Waals surface area contributed by atoms with E-state index in [9.17, 15) is 0 Å². The van der Waals surface area contributed by atoms with Crippen LogP contribution >= 0.6 is 15.9 Å². The minimum atomic E-state index is 0.859. The van der Waals surface area contributed by atoms with E-state index in [0.29, 0.717) is 0 Å². The van der Waals surface area contributed by atoms with Crippen LogP contribution in [-0.2, 0) is 13.6 Å². The van der Waals surface area contributed by atoms with E-state index in [1.807, 2.05) is 29.9 Å². The SMILES string of the molecule is CCCNCc1cn(C)nc1-c1ccccc1Br. The van der Waals surface area contributed by atoms with Crippen molar-refractivity contribution in [1.82, 2.24) is 15.1 Å². The predicted octanol–water partition coefficient (Wildman–Crippen LogP) is 3.35. The summed E-state index contributed by atoms with van der Waals surface area (Å²) in [6.45, 7) is 4.06. The molecule has 0 fully saturated rings. The van der Waals surface area contributed by atoms with Gasteiger partial charge in [-0.1, -0.05) is 41.1 Å². The minimum absolute atomic E-state index is 0.859. The fourth-order valence-corrected chi connectivity index (χ4v) is 2.42. The van der Waals surface area contributed by atoms with E-state index < -0.39 is 0 Å². The zero-order valence-electron chi connectivity index (χ0n) is 10.8. The summed E-state index contributed by atoms with van der Waals surface area (Å²) < 4.78 is 2.96. The summed E-state index contributed by atoms with van der Waals surface area (Å²) in [6.07, 6.45) is 3.22. The minimum Gasteiger partial charge on any atom is -0.313 e. The van der Waals surface area contributed by atoms with Crippen molar-refractivity contribution in [2.24, 2.45) is 7.05 Å². The van der Waals surface area contributed by atoms with Crippen molar-refractivity contribution in [2.75, 3.05) is 6.54 Å². The van der Waals surface area contributed by atoms with Crippen LogP contribution in [0.25, 0.3) is 11.3 Å². The Morgan fingerprint density at radius 3 is 2.83 bits per heavy atom. The van der Waals surface area contributed by atoms with Crippen LogP contribution < -0.4 is 5.32 Å². The first-order valence-electron chi connectivity index (χ1n) is 6.20. The van der Waals surface area contributed by atoms with Gasteiger partial charge in [-0.25, -0.2) is 0 Å². The maximum absolute atomic E-state index is 4.57. The summed E-state index contributed by atoms with van der Waals surface area (Å²) in [5, 5.41) is 7.99. The normalized spacial score (nSPS) is 10.8. The number of hydrogen-bond acceptors (Lipinski definition) is 2. The fraction of sp³-hybridized carbons (Fsp3) is 0.357. The molecule has 1 heterocycles. The average molecular weight is 308 g/mol. The monoisotopic (exact) mass is 307 g/mol. The highest BCUT2D eigenvalue weighted by Gasteiger charge is 2.11. The van der Waals surface area contributed by atoms with Gasteiger partial charge in [0.15, 0.2) is 0 Å². The molecule has 96 valence electrons. The Bertz CT molecular complexity index is 520. The summed E-state index contributed by atoms with van der Waals surface area (Å²) >= 11 is 3.59. The third-order valence-corrected chi connectivity index (χ3v) is 3.47. The van der Waals surface area contributed by atoms with Gasteiger partial charge >= 0.3 is 0 Å². The van der Waals surface area contributed by atoms with Gasteiger partial charge in [-0.2, -0.15) is 5.10 Å². The van der Waals surface area contributed by atoms with Crippen LogP contribution in [0, 0.1) is 0 Å². The highest BCUT2D eigenvalue weighted by atomic mass is 79.9. The second kappa shape index (κ2) is 6.16. The van der Waals surface area contributed by atoms with E-state index in [1.165, 1.54) is 5.56 Å². The smallest absolute Gasteiger partial charge is 0.0979 e. The molecule has 0 unspecified atom stereocenters. The molecule has 2 aromatic rings. The molecule has 4 heteroatoms. The first-order valence-corrected chi connectivity index (χ1v) is 6.99. The number of rotatable bonds is 5. The fourth-order valence-electron chi connectivity index (χ4n) is 1.95. The molecule has 2 rings (SSSR count). The van der Waals surface area contributed by atoms with Crippen molar-refractivity contribution in [3.05, 3.63) is 40.5 Å². The molecule has 1 N–H and O–H groups in total. The Morgan fingerprint density at radius 2 is 2.11 bits per heavy atom. The highest BCUT2D eigenvalue weighted by Crippen LogP contribution is 2.29. The average Bonchev–Trinajstić information content (AvgIpc) is 2.71. The van der Waals surface area contributed by atoms with Gasteiger partial charge in [0, 0.05) is 35.4 Å². The number of hydrogen-bond donors (Lipinski definition) is 1. The molecular formula is C14H18BrN3. The maximum atomic E-state index is 4.57. The molecule has 1 aromatic carbocycles.